The number of amides is 2. The number of aromatic nitrogens is 4. The van der Waals surface area contributed by atoms with Crippen LogP contribution in [-0.4, -0.2) is 68.4 Å². The van der Waals surface area contributed by atoms with Crippen molar-refractivity contribution in [1.29, 1.82) is 0 Å². The van der Waals surface area contributed by atoms with Crippen molar-refractivity contribution < 1.29 is 23.8 Å². The van der Waals surface area contributed by atoms with Gasteiger partial charge in [-0.05, 0) is 75.8 Å². The summed E-state index contributed by atoms with van der Waals surface area (Å²) in [6.07, 6.45) is 12.4. The lowest BCUT2D eigenvalue weighted by atomic mass is 9.52. The summed E-state index contributed by atoms with van der Waals surface area (Å²) in [5, 5.41) is 14.9. The highest BCUT2D eigenvalue weighted by molar-refractivity contribution is 5.97. The third-order valence-electron chi connectivity index (χ3n) is 8.34. The molecule has 3 heterocycles. The van der Waals surface area contributed by atoms with Crippen LogP contribution in [0.4, 0.5) is 4.79 Å². The number of rotatable bonds is 8. The molecule has 4 unspecified atom stereocenters. The third kappa shape index (κ3) is 4.72. The number of nitrogens with one attached hydrogen (secondary N) is 2. The van der Waals surface area contributed by atoms with E-state index in [2.05, 4.69) is 20.8 Å². The lowest BCUT2D eigenvalue weighted by Gasteiger charge is -2.59. The van der Waals surface area contributed by atoms with E-state index < -0.39 is 11.6 Å². The first-order valence-electron chi connectivity index (χ1n) is 13.2. The van der Waals surface area contributed by atoms with E-state index >= 15 is 0 Å². The van der Waals surface area contributed by atoms with E-state index in [4.69, 9.17) is 19.9 Å². The Kier molecular flexibility index (Phi) is 6.08. The van der Waals surface area contributed by atoms with E-state index in [1.165, 1.54) is 7.11 Å². The first-order chi connectivity index (χ1) is 18.2. The molecule has 2 aromatic rings. The summed E-state index contributed by atoms with van der Waals surface area (Å²) in [5.41, 5.74) is 5.36. The maximum atomic E-state index is 13.7. The van der Waals surface area contributed by atoms with Gasteiger partial charge in [0.2, 0.25) is 0 Å². The lowest BCUT2D eigenvalue weighted by Crippen LogP contribution is -2.62. The first kappa shape index (κ1) is 25.1. The molecule has 1 saturated heterocycles. The molecule has 0 spiro atoms. The molecule has 2 aromatic heterocycles. The molecular formula is C26H35N7O5. The Balaban J connectivity index is 1.21. The molecule has 4 aliphatic carbocycles. The van der Waals surface area contributed by atoms with Gasteiger partial charge in [0.25, 0.3) is 5.91 Å². The van der Waals surface area contributed by atoms with Gasteiger partial charge in [0, 0.05) is 24.6 Å². The van der Waals surface area contributed by atoms with Crippen LogP contribution in [0.15, 0.2) is 30.7 Å². The molecule has 7 rings (SSSR count). The molecule has 4 bridgehead atoms. The number of ether oxygens (including phenoxy) is 3. The van der Waals surface area contributed by atoms with Crippen LogP contribution in [-0.2, 0) is 14.2 Å². The van der Waals surface area contributed by atoms with Crippen LogP contribution in [0.2, 0.25) is 0 Å². The fraction of sp³-hybridized carbons (Fsp3) is 0.615. The molecule has 4 saturated carbocycles. The van der Waals surface area contributed by atoms with Gasteiger partial charge in [-0.15, -0.1) is 0 Å². The van der Waals surface area contributed by atoms with Crippen LogP contribution < -0.4 is 16.4 Å². The summed E-state index contributed by atoms with van der Waals surface area (Å²) in [7, 11) is 1.32. The van der Waals surface area contributed by atoms with Gasteiger partial charge in [-0.1, -0.05) is 0 Å². The quantitative estimate of drug-likeness (QED) is 0.443. The van der Waals surface area contributed by atoms with Crippen molar-refractivity contribution in [3.05, 3.63) is 36.3 Å². The van der Waals surface area contributed by atoms with Gasteiger partial charge in [0.05, 0.1) is 24.4 Å². The average molecular weight is 526 g/mol. The van der Waals surface area contributed by atoms with E-state index in [9.17, 15) is 9.59 Å². The van der Waals surface area contributed by atoms with Crippen LogP contribution >= 0.6 is 0 Å². The minimum absolute atomic E-state index is 0.0807. The molecule has 2 amide bonds. The first-order valence-corrected chi connectivity index (χ1v) is 13.2. The summed E-state index contributed by atoms with van der Waals surface area (Å²) in [5.74, 6) is 1.66. The van der Waals surface area contributed by atoms with E-state index in [0.29, 0.717) is 29.1 Å². The summed E-state index contributed by atoms with van der Waals surface area (Å²) < 4.78 is 19.6. The van der Waals surface area contributed by atoms with Crippen molar-refractivity contribution in [3.8, 4) is 5.82 Å². The van der Waals surface area contributed by atoms with E-state index in [1.54, 1.807) is 46.3 Å². The maximum Gasteiger partial charge on any atom is 0.407 e. The predicted molar refractivity (Wildman–Crippen MR) is 136 cm³/mol. The Morgan fingerprint density at radius 2 is 1.97 bits per heavy atom. The van der Waals surface area contributed by atoms with Gasteiger partial charge < -0.3 is 30.6 Å². The Hall–Kier alpha value is -3.22. The van der Waals surface area contributed by atoms with Crippen molar-refractivity contribution in [1.82, 2.24) is 30.2 Å². The van der Waals surface area contributed by atoms with E-state index in [0.717, 1.165) is 32.1 Å². The zero-order valence-electron chi connectivity index (χ0n) is 21.9. The zero-order valence-corrected chi connectivity index (χ0v) is 21.9. The minimum Gasteiger partial charge on any atom is -0.453 e. The van der Waals surface area contributed by atoms with Crippen LogP contribution in [0.3, 0.4) is 0 Å². The molecular weight excluding hydrogens is 490 g/mol. The maximum absolute atomic E-state index is 13.7. The second-order valence-electron chi connectivity index (χ2n) is 11.7. The summed E-state index contributed by atoms with van der Waals surface area (Å²) in [4.78, 5) is 25.4. The fourth-order valence-electron chi connectivity index (χ4n) is 6.87. The largest absolute Gasteiger partial charge is 0.453 e. The van der Waals surface area contributed by atoms with Gasteiger partial charge in [0.1, 0.15) is 5.56 Å². The van der Waals surface area contributed by atoms with Crippen molar-refractivity contribution in [3.63, 3.8) is 0 Å². The number of hydrogen-bond donors (Lipinski definition) is 3. The number of nitrogens with zero attached hydrogens (tertiary/aromatic N) is 4. The van der Waals surface area contributed by atoms with Crippen LogP contribution in [0.5, 0.6) is 0 Å². The molecule has 12 nitrogen and oxygen atoms in total. The molecule has 204 valence electrons. The number of methoxy groups -OCH3 is 1. The van der Waals surface area contributed by atoms with E-state index in [1.807, 2.05) is 13.8 Å². The monoisotopic (exact) mass is 525 g/mol. The van der Waals surface area contributed by atoms with Crippen molar-refractivity contribution in [2.45, 2.75) is 75.7 Å². The van der Waals surface area contributed by atoms with Gasteiger partial charge in [-0.3, -0.25) is 4.79 Å². The molecule has 1 aliphatic heterocycles. The highest BCUT2D eigenvalue weighted by Crippen LogP contribution is 2.58. The number of epoxide rings is 1. The van der Waals surface area contributed by atoms with Crippen molar-refractivity contribution in [2.75, 3.05) is 7.11 Å². The SMILES string of the molecule is COC(=O)NC(C)(C)/C=C/n1ncc(C(=O)NC2C3CC4CC2CC(OC2OC2N)(C4)C3)c1-n1cccn1. The van der Waals surface area contributed by atoms with Gasteiger partial charge in [-0.2, -0.15) is 10.2 Å². The van der Waals surface area contributed by atoms with Crippen molar-refractivity contribution in [2.24, 2.45) is 23.5 Å². The second-order valence-corrected chi connectivity index (χ2v) is 11.7. The normalized spacial score (nSPS) is 33.5. The molecule has 5 aliphatic rings. The van der Waals surface area contributed by atoms with Crippen LogP contribution in [0.25, 0.3) is 12.0 Å². The van der Waals surface area contributed by atoms with Gasteiger partial charge in [-0.25, -0.2) is 14.2 Å². The smallest absolute Gasteiger partial charge is 0.407 e. The summed E-state index contributed by atoms with van der Waals surface area (Å²) in [6.45, 7) is 3.66. The second kappa shape index (κ2) is 9.21. The Morgan fingerprint density at radius 3 is 2.61 bits per heavy atom. The molecule has 0 aromatic carbocycles. The summed E-state index contributed by atoms with van der Waals surface area (Å²) in [6, 6.07) is 1.87. The van der Waals surface area contributed by atoms with Crippen LogP contribution in [0, 0.1) is 17.8 Å². The molecule has 0 radical (unpaired) electrons. The van der Waals surface area contributed by atoms with Crippen molar-refractivity contribution >= 4 is 18.2 Å². The number of nitrogens with two attached hydrogens (primary N) is 1. The number of hydrogen-bond acceptors (Lipinski definition) is 8. The Bertz CT molecular complexity index is 1220. The highest BCUT2D eigenvalue weighted by atomic mass is 16.8. The third-order valence-corrected chi connectivity index (χ3v) is 8.34. The average Bonchev–Trinajstić information content (AvgIpc) is 3.25. The minimum atomic E-state index is -0.712. The Labute approximate surface area is 220 Å². The predicted octanol–water partition coefficient (Wildman–Crippen LogP) is 2.01. The molecule has 38 heavy (non-hydrogen) atoms. The van der Waals surface area contributed by atoms with Gasteiger partial charge >= 0.3 is 6.09 Å². The van der Waals surface area contributed by atoms with Gasteiger partial charge in [0.15, 0.2) is 18.3 Å². The zero-order chi connectivity index (χ0) is 26.7. The molecule has 4 atom stereocenters. The fourth-order valence-corrected chi connectivity index (χ4v) is 6.87. The van der Waals surface area contributed by atoms with E-state index in [-0.39, 0.29) is 30.1 Å². The molecule has 4 N–H and O–H groups in total. The highest BCUT2D eigenvalue weighted by Gasteiger charge is 2.58. The number of carbonyl (C=O) groups excluding carboxylic acids is 2. The molecule has 12 heteroatoms. The standard InChI is InChI=1S/C26H35N7O5/c1-25(2,31-24(35)36-3)5-8-33-22(32-7-4-6-28-32)18(14-29-33)21(34)30-19-16-9-15-10-17(19)13-26(11-15,12-16)38-23-20(27)37-23/h4-8,14-17,19-20,23H,9-13,27H2,1-3H3,(H,30,34)(H,31,35)/b8-5+. The number of carbonyl (C=O) groups is 2. The van der Waals surface area contributed by atoms with Crippen LogP contribution in [0.1, 0.15) is 56.3 Å². The Morgan fingerprint density at radius 1 is 1.24 bits per heavy atom. The number of alkyl carbamates (subject to hydrolysis) is 1. The lowest BCUT2D eigenvalue weighted by molar-refractivity contribution is -0.192. The molecule has 5 fully saturated rings. The summed E-state index contributed by atoms with van der Waals surface area (Å²) >= 11 is 0. The topological polar surface area (TPSA) is 151 Å².